The molecule has 0 fully saturated rings. The van der Waals surface area contributed by atoms with Crippen molar-refractivity contribution in [3.8, 4) is 44.5 Å². The summed E-state index contributed by atoms with van der Waals surface area (Å²) in [6, 6.07) is 43.7. The fourth-order valence-corrected chi connectivity index (χ4v) is 7.54. The van der Waals surface area contributed by atoms with Gasteiger partial charge in [0.2, 0.25) is 0 Å². The van der Waals surface area contributed by atoms with Crippen LogP contribution in [0.1, 0.15) is 29.2 Å². The third-order valence-corrected chi connectivity index (χ3v) is 9.93. The topological polar surface area (TPSA) is 0 Å². The minimum atomic E-state index is 1.06. The van der Waals surface area contributed by atoms with Crippen molar-refractivity contribution in [3.05, 3.63) is 193 Å². The van der Waals surface area contributed by atoms with Crippen LogP contribution >= 0.6 is 0 Å². The van der Waals surface area contributed by atoms with Crippen LogP contribution in [0.4, 0.5) is 0 Å². The van der Waals surface area contributed by atoms with Crippen LogP contribution < -0.4 is 10.4 Å². The molecule has 0 heterocycles. The Kier molecular flexibility index (Phi) is 9.17. The van der Waals surface area contributed by atoms with Crippen molar-refractivity contribution in [2.75, 3.05) is 0 Å². The molecule has 0 aliphatic carbocycles. The highest BCUT2D eigenvalue weighted by Gasteiger charge is 2.19. The lowest BCUT2D eigenvalue weighted by atomic mass is 9.82. The Morgan fingerprint density at radius 1 is 0.412 bits per heavy atom. The van der Waals surface area contributed by atoms with Gasteiger partial charge in [0.1, 0.15) is 0 Å². The molecule has 0 aliphatic heterocycles. The van der Waals surface area contributed by atoms with Gasteiger partial charge in [-0.25, -0.2) is 0 Å². The van der Waals surface area contributed by atoms with Crippen molar-refractivity contribution in [2.45, 2.75) is 6.92 Å². The molecule has 0 aromatic heterocycles. The number of hydrogen-bond acceptors (Lipinski definition) is 0. The summed E-state index contributed by atoms with van der Waals surface area (Å²) in [5.41, 5.74) is 13.3. The average molecular weight is 653 g/mol. The average Bonchev–Trinajstić information content (AvgIpc) is 3.19. The summed E-state index contributed by atoms with van der Waals surface area (Å²) in [4.78, 5) is 0. The monoisotopic (exact) mass is 652 g/mol. The summed E-state index contributed by atoms with van der Waals surface area (Å²) in [6.45, 7) is 23.0. The molecule has 0 N–H and O–H groups in total. The van der Waals surface area contributed by atoms with Gasteiger partial charge in [0.05, 0.1) is 0 Å². The Balaban J connectivity index is 1.37. The third-order valence-electron chi connectivity index (χ3n) is 9.93. The summed E-state index contributed by atoms with van der Waals surface area (Å²) in [6.07, 6.45) is 13.8. The minimum Gasteiger partial charge on any atom is -0.0990 e. The molecule has 0 bridgehead atoms. The van der Waals surface area contributed by atoms with E-state index < -0.39 is 0 Å². The number of hydrogen-bond donors (Lipinski definition) is 0. The molecule has 0 unspecified atom stereocenters. The number of benzene rings is 7. The first-order chi connectivity index (χ1) is 25.0. The van der Waals surface area contributed by atoms with E-state index in [9.17, 15) is 0 Å². The molecule has 0 amide bonds. The molecule has 0 saturated heterocycles. The lowest BCUT2D eigenvalue weighted by Crippen LogP contribution is -2.23. The van der Waals surface area contributed by atoms with Gasteiger partial charge in [-0.15, -0.1) is 0 Å². The zero-order valence-electron chi connectivity index (χ0n) is 29.1. The molecule has 0 radical (unpaired) electrons. The summed E-state index contributed by atoms with van der Waals surface area (Å²) in [5, 5.41) is 7.11. The molecule has 0 saturated carbocycles. The third kappa shape index (κ3) is 5.82. The standard InChI is InChI=1S/C51H40/c1-7-17-38-32-40(28-22-34(38)8-2)47-31-30-46(42(9-3)43(47)10-4)36-24-26-37(27-25-36)50-44(11-5)45(12-6)51(49-21-16-15-20-48(49)50)41-29-23-35-18-13-14-19-39(35)33-41/h7-33H,1,3-6H2,2H3/b34-8-,38-17-. The second kappa shape index (κ2) is 14.2. The molecule has 0 spiro atoms. The van der Waals surface area contributed by atoms with Crippen LogP contribution in [0.15, 0.2) is 160 Å². The molecule has 0 nitrogen and oxygen atoms in total. The van der Waals surface area contributed by atoms with Crippen LogP contribution in [0.3, 0.4) is 0 Å². The molecule has 0 heteroatoms. The van der Waals surface area contributed by atoms with Gasteiger partial charge in [0, 0.05) is 0 Å². The largest absolute Gasteiger partial charge is 0.0990 e. The summed E-state index contributed by atoms with van der Waals surface area (Å²) in [5.74, 6) is 0. The highest BCUT2D eigenvalue weighted by molar-refractivity contribution is 6.12. The zero-order valence-corrected chi connectivity index (χ0v) is 29.1. The Labute approximate surface area is 301 Å². The second-order valence-corrected chi connectivity index (χ2v) is 12.6. The molecule has 7 aromatic rings. The molecule has 244 valence electrons. The van der Waals surface area contributed by atoms with Crippen LogP contribution in [-0.2, 0) is 0 Å². The van der Waals surface area contributed by atoms with Crippen LogP contribution in [0, 0.1) is 0 Å². The molecule has 0 aliphatic rings. The molecular formula is C51H40. The van der Waals surface area contributed by atoms with E-state index in [4.69, 9.17) is 0 Å². The van der Waals surface area contributed by atoms with E-state index in [1.54, 1.807) is 0 Å². The molecule has 51 heavy (non-hydrogen) atoms. The molecule has 7 aromatic carbocycles. The number of fused-ring (bicyclic) bond motifs is 2. The summed E-state index contributed by atoms with van der Waals surface area (Å²) < 4.78 is 0. The predicted molar refractivity (Wildman–Crippen MR) is 228 cm³/mol. The second-order valence-electron chi connectivity index (χ2n) is 12.6. The Morgan fingerprint density at radius 3 is 1.51 bits per heavy atom. The minimum absolute atomic E-state index is 1.06. The number of allylic oxidation sites excluding steroid dienone is 1. The smallest absolute Gasteiger partial charge is 0.00264 e. The van der Waals surface area contributed by atoms with Crippen LogP contribution in [0.5, 0.6) is 0 Å². The normalized spacial score (nSPS) is 11.9. The van der Waals surface area contributed by atoms with Crippen LogP contribution in [0.2, 0.25) is 0 Å². The van der Waals surface area contributed by atoms with Crippen molar-refractivity contribution >= 4 is 58.0 Å². The van der Waals surface area contributed by atoms with E-state index in [0.29, 0.717) is 0 Å². The van der Waals surface area contributed by atoms with Gasteiger partial charge in [0.15, 0.2) is 0 Å². The Morgan fingerprint density at radius 2 is 0.922 bits per heavy atom. The fourth-order valence-electron chi connectivity index (χ4n) is 7.54. The van der Waals surface area contributed by atoms with Crippen molar-refractivity contribution in [1.29, 1.82) is 0 Å². The van der Waals surface area contributed by atoms with E-state index in [0.717, 1.165) is 66.4 Å². The Hall–Kier alpha value is -6.50. The predicted octanol–water partition coefficient (Wildman–Crippen LogP) is 13.0. The fraction of sp³-hybridized carbons (Fsp3) is 0.0196. The summed E-state index contributed by atoms with van der Waals surface area (Å²) >= 11 is 0. The van der Waals surface area contributed by atoms with Gasteiger partial charge < -0.3 is 0 Å². The number of rotatable bonds is 9. The molecule has 0 atom stereocenters. The van der Waals surface area contributed by atoms with Gasteiger partial charge in [0.25, 0.3) is 0 Å². The van der Waals surface area contributed by atoms with E-state index in [-0.39, 0.29) is 0 Å². The van der Waals surface area contributed by atoms with Gasteiger partial charge in [-0.3, -0.25) is 0 Å². The first-order valence-corrected chi connectivity index (χ1v) is 17.3. The van der Waals surface area contributed by atoms with E-state index in [1.807, 2.05) is 36.5 Å². The van der Waals surface area contributed by atoms with Gasteiger partial charge in [-0.2, -0.15) is 0 Å². The van der Waals surface area contributed by atoms with Gasteiger partial charge in [-0.05, 0) is 118 Å². The van der Waals surface area contributed by atoms with Crippen LogP contribution in [-0.4, -0.2) is 0 Å². The zero-order chi connectivity index (χ0) is 35.5. The van der Waals surface area contributed by atoms with Crippen molar-refractivity contribution in [2.24, 2.45) is 0 Å². The quantitative estimate of drug-likeness (QED) is 0.146. The van der Waals surface area contributed by atoms with E-state index in [2.05, 4.69) is 167 Å². The maximum atomic E-state index is 4.31. The van der Waals surface area contributed by atoms with Crippen LogP contribution in [0.25, 0.3) is 103 Å². The van der Waals surface area contributed by atoms with Gasteiger partial charge >= 0.3 is 0 Å². The van der Waals surface area contributed by atoms with Crippen molar-refractivity contribution < 1.29 is 0 Å². The van der Waals surface area contributed by atoms with E-state index >= 15 is 0 Å². The SMILES string of the molecule is C=C/C=c1/cc(-c2ccc(-c3ccc(-c4c(C=C)c(C=C)c(-c5ccc6ccccc6c5)c5ccccc45)cc3)c(C=C)c2C=C)cc/c1=C/C. The lowest BCUT2D eigenvalue weighted by molar-refractivity contribution is 1.48. The molecule has 7 rings (SSSR count). The van der Waals surface area contributed by atoms with Crippen molar-refractivity contribution in [1.82, 2.24) is 0 Å². The summed E-state index contributed by atoms with van der Waals surface area (Å²) in [7, 11) is 0. The lowest BCUT2D eigenvalue weighted by Gasteiger charge is -2.21. The maximum absolute atomic E-state index is 4.31. The first-order valence-electron chi connectivity index (χ1n) is 17.3. The maximum Gasteiger partial charge on any atom is -0.00264 e. The van der Waals surface area contributed by atoms with Crippen molar-refractivity contribution in [3.63, 3.8) is 0 Å². The highest BCUT2D eigenvalue weighted by atomic mass is 14.2. The first kappa shape index (κ1) is 33.0. The highest BCUT2D eigenvalue weighted by Crippen LogP contribution is 2.44. The van der Waals surface area contributed by atoms with Gasteiger partial charge in [-0.1, -0.05) is 185 Å². The molecular weight excluding hydrogens is 613 g/mol. The Bertz CT molecular complexity index is 2660. The van der Waals surface area contributed by atoms with E-state index in [1.165, 1.54) is 32.3 Å².